The molecule has 0 bridgehead atoms. The number of hydrogen-bond donors (Lipinski definition) is 2. The van der Waals surface area contributed by atoms with E-state index in [4.69, 9.17) is 4.74 Å². The molecule has 4 rings (SSSR count). The Morgan fingerprint density at radius 2 is 1.90 bits per heavy atom. The molecule has 0 atom stereocenters. The fourth-order valence-electron chi connectivity index (χ4n) is 3.27. The lowest BCUT2D eigenvalue weighted by atomic mass is 10.1. The molecular weight excluding hydrogens is 404 g/mol. The number of fused-ring (bicyclic) bond motifs is 1. The first kappa shape index (κ1) is 19.6. The molecular formula is C21H18N4O4S. The Labute approximate surface area is 175 Å². The number of pyridine rings is 1. The fourth-order valence-corrected chi connectivity index (χ4v) is 4.04. The van der Waals surface area contributed by atoms with Crippen LogP contribution in [0.2, 0.25) is 0 Å². The number of rotatable bonds is 5. The number of ether oxygens (including phenoxy) is 1. The average Bonchev–Trinajstić information content (AvgIpc) is 3.22. The molecule has 2 aromatic carbocycles. The van der Waals surface area contributed by atoms with E-state index >= 15 is 0 Å². The summed E-state index contributed by atoms with van der Waals surface area (Å²) in [5.41, 5.74) is 0.401. The lowest BCUT2D eigenvalue weighted by molar-refractivity contribution is 0.102. The van der Waals surface area contributed by atoms with Gasteiger partial charge in [-0.1, -0.05) is 35.6 Å². The minimum absolute atomic E-state index is 0.205. The highest BCUT2D eigenvalue weighted by molar-refractivity contribution is 7.18. The monoisotopic (exact) mass is 422 g/mol. The van der Waals surface area contributed by atoms with E-state index in [1.54, 1.807) is 44.4 Å². The van der Waals surface area contributed by atoms with Gasteiger partial charge in [-0.15, -0.1) is 10.2 Å². The number of benzene rings is 2. The van der Waals surface area contributed by atoms with Crippen molar-refractivity contribution in [1.82, 2.24) is 14.8 Å². The van der Waals surface area contributed by atoms with Crippen molar-refractivity contribution in [3.05, 3.63) is 64.4 Å². The van der Waals surface area contributed by atoms with Gasteiger partial charge in [0, 0.05) is 11.9 Å². The Bertz CT molecular complexity index is 1310. The SMILES string of the molecule is CCn1c(=O)c(C(=O)Nc2nnc(-c3ccccc3OC)s2)c(O)c2ccccc21. The van der Waals surface area contributed by atoms with Crippen molar-refractivity contribution in [2.75, 3.05) is 12.4 Å². The summed E-state index contributed by atoms with van der Waals surface area (Å²) in [7, 11) is 1.56. The first-order valence-electron chi connectivity index (χ1n) is 9.17. The van der Waals surface area contributed by atoms with Gasteiger partial charge in [-0.3, -0.25) is 14.9 Å². The van der Waals surface area contributed by atoms with Gasteiger partial charge in [-0.05, 0) is 31.2 Å². The van der Waals surface area contributed by atoms with Crippen LogP contribution < -0.4 is 15.6 Å². The van der Waals surface area contributed by atoms with Gasteiger partial charge in [-0.25, -0.2) is 0 Å². The molecule has 30 heavy (non-hydrogen) atoms. The summed E-state index contributed by atoms with van der Waals surface area (Å²) in [6.45, 7) is 2.16. The molecule has 0 saturated carbocycles. The summed E-state index contributed by atoms with van der Waals surface area (Å²) in [4.78, 5) is 25.7. The first-order valence-corrected chi connectivity index (χ1v) is 9.99. The Kier molecular flexibility index (Phi) is 5.20. The Balaban J connectivity index is 1.71. The van der Waals surface area contributed by atoms with Crippen LogP contribution in [0.5, 0.6) is 11.5 Å². The number of amides is 1. The van der Waals surface area contributed by atoms with Crippen LogP contribution in [-0.4, -0.2) is 32.9 Å². The fraction of sp³-hybridized carbons (Fsp3) is 0.143. The molecule has 2 aromatic heterocycles. The number of aromatic nitrogens is 3. The maximum absolute atomic E-state index is 12.9. The zero-order chi connectivity index (χ0) is 21.3. The Hall–Kier alpha value is -3.72. The number of aromatic hydroxyl groups is 1. The number of anilines is 1. The maximum Gasteiger partial charge on any atom is 0.267 e. The van der Waals surface area contributed by atoms with Crippen molar-refractivity contribution in [1.29, 1.82) is 0 Å². The second kappa shape index (κ2) is 7.96. The molecule has 152 valence electrons. The molecule has 0 saturated heterocycles. The summed E-state index contributed by atoms with van der Waals surface area (Å²) in [6, 6.07) is 14.2. The third-order valence-electron chi connectivity index (χ3n) is 4.67. The molecule has 1 amide bonds. The number of nitrogens with zero attached hydrogens (tertiary/aromatic N) is 3. The molecule has 4 aromatic rings. The molecule has 0 aliphatic rings. The third-order valence-corrected chi connectivity index (χ3v) is 5.54. The predicted octanol–water partition coefficient (Wildman–Crippen LogP) is 3.51. The highest BCUT2D eigenvalue weighted by Gasteiger charge is 2.23. The molecule has 0 spiro atoms. The molecule has 9 heteroatoms. The van der Waals surface area contributed by atoms with Crippen LogP contribution >= 0.6 is 11.3 Å². The van der Waals surface area contributed by atoms with E-state index in [2.05, 4.69) is 15.5 Å². The number of methoxy groups -OCH3 is 1. The zero-order valence-electron chi connectivity index (χ0n) is 16.2. The van der Waals surface area contributed by atoms with Crippen LogP contribution in [-0.2, 0) is 6.54 Å². The van der Waals surface area contributed by atoms with E-state index in [0.29, 0.717) is 28.2 Å². The van der Waals surface area contributed by atoms with E-state index in [0.717, 1.165) is 16.9 Å². The largest absolute Gasteiger partial charge is 0.506 e. The molecule has 2 N–H and O–H groups in total. The second-order valence-electron chi connectivity index (χ2n) is 6.36. The van der Waals surface area contributed by atoms with Gasteiger partial charge in [0.2, 0.25) is 5.13 Å². The van der Waals surface area contributed by atoms with Crippen LogP contribution in [0.25, 0.3) is 21.5 Å². The molecule has 8 nitrogen and oxygen atoms in total. The van der Waals surface area contributed by atoms with Gasteiger partial charge < -0.3 is 14.4 Å². The first-order chi connectivity index (χ1) is 14.5. The van der Waals surface area contributed by atoms with Crippen LogP contribution in [0.3, 0.4) is 0 Å². The van der Waals surface area contributed by atoms with E-state index in [-0.39, 0.29) is 16.4 Å². The van der Waals surface area contributed by atoms with E-state index < -0.39 is 11.5 Å². The lowest BCUT2D eigenvalue weighted by Gasteiger charge is -2.12. The number of nitrogens with one attached hydrogen (secondary N) is 1. The number of carbonyl (C=O) groups is 1. The van der Waals surface area contributed by atoms with Crippen LogP contribution in [0.1, 0.15) is 17.3 Å². The highest BCUT2D eigenvalue weighted by Crippen LogP contribution is 2.33. The quantitative estimate of drug-likeness (QED) is 0.510. The summed E-state index contributed by atoms with van der Waals surface area (Å²) in [6.07, 6.45) is 0. The van der Waals surface area contributed by atoms with E-state index in [1.807, 2.05) is 18.2 Å². The number of para-hydroxylation sites is 2. The van der Waals surface area contributed by atoms with Crippen LogP contribution in [0.15, 0.2) is 53.3 Å². The topological polar surface area (TPSA) is 106 Å². The summed E-state index contributed by atoms with van der Waals surface area (Å²) in [5.74, 6) is -0.468. The molecule has 0 aliphatic carbocycles. The third kappa shape index (κ3) is 3.29. The number of hydrogen-bond acceptors (Lipinski definition) is 7. The predicted molar refractivity (Wildman–Crippen MR) is 115 cm³/mol. The van der Waals surface area contributed by atoms with Gasteiger partial charge in [0.1, 0.15) is 17.1 Å². The molecule has 0 aliphatic heterocycles. The van der Waals surface area contributed by atoms with Crippen molar-refractivity contribution in [2.24, 2.45) is 0 Å². The van der Waals surface area contributed by atoms with Crippen molar-refractivity contribution in [3.63, 3.8) is 0 Å². The maximum atomic E-state index is 12.9. The van der Waals surface area contributed by atoms with Crippen molar-refractivity contribution in [3.8, 4) is 22.1 Å². The summed E-state index contributed by atoms with van der Waals surface area (Å²) >= 11 is 1.14. The summed E-state index contributed by atoms with van der Waals surface area (Å²) in [5, 5.41) is 22.5. The molecule has 0 fully saturated rings. The minimum Gasteiger partial charge on any atom is -0.506 e. The average molecular weight is 422 g/mol. The Morgan fingerprint density at radius 3 is 2.67 bits per heavy atom. The van der Waals surface area contributed by atoms with Crippen LogP contribution in [0, 0.1) is 0 Å². The van der Waals surface area contributed by atoms with Gasteiger partial charge in [0.25, 0.3) is 11.5 Å². The standard InChI is InChI=1S/C21H18N4O4S/c1-3-25-14-10-6-4-8-12(14)17(26)16(20(25)28)18(27)22-21-24-23-19(30-21)13-9-5-7-11-15(13)29-2/h4-11,26H,3H2,1-2H3,(H,22,24,27). The van der Waals surface area contributed by atoms with Gasteiger partial charge in [-0.2, -0.15) is 0 Å². The lowest BCUT2D eigenvalue weighted by Crippen LogP contribution is -2.29. The summed E-state index contributed by atoms with van der Waals surface area (Å²) < 4.78 is 6.78. The number of carbonyl (C=O) groups excluding carboxylic acids is 1. The van der Waals surface area contributed by atoms with E-state index in [1.165, 1.54) is 4.57 Å². The molecule has 0 unspecified atom stereocenters. The molecule has 2 heterocycles. The van der Waals surface area contributed by atoms with E-state index in [9.17, 15) is 14.7 Å². The number of aryl methyl sites for hydroxylation is 1. The van der Waals surface area contributed by atoms with Gasteiger partial charge in [0.05, 0.1) is 18.2 Å². The normalized spacial score (nSPS) is 10.9. The van der Waals surface area contributed by atoms with Gasteiger partial charge in [0.15, 0.2) is 5.01 Å². The smallest absolute Gasteiger partial charge is 0.267 e. The van der Waals surface area contributed by atoms with Crippen molar-refractivity contribution in [2.45, 2.75) is 13.5 Å². The zero-order valence-corrected chi connectivity index (χ0v) is 17.1. The molecule has 0 radical (unpaired) electrons. The van der Waals surface area contributed by atoms with Crippen molar-refractivity contribution >= 4 is 33.3 Å². The Morgan fingerprint density at radius 1 is 1.17 bits per heavy atom. The van der Waals surface area contributed by atoms with Crippen molar-refractivity contribution < 1.29 is 14.6 Å². The highest BCUT2D eigenvalue weighted by atomic mass is 32.1. The second-order valence-corrected chi connectivity index (χ2v) is 7.33. The minimum atomic E-state index is -0.742. The van der Waals surface area contributed by atoms with Crippen LogP contribution in [0.4, 0.5) is 5.13 Å². The van der Waals surface area contributed by atoms with Gasteiger partial charge >= 0.3 is 0 Å².